The summed E-state index contributed by atoms with van der Waals surface area (Å²) in [5, 5.41) is 11.4. The molecule has 1 aromatic heterocycles. The predicted molar refractivity (Wildman–Crippen MR) is 86.2 cm³/mol. The lowest BCUT2D eigenvalue weighted by Gasteiger charge is -2.30. The number of hydrogen-bond acceptors (Lipinski definition) is 5. The number of halogens is 3. The molecule has 1 aliphatic rings. The highest BCUT2D eigenvalue weighted by atomic mass is 35.5. The number of hydrogen-bond donors (Lipinski definition) is 3. The Balaban J connectivity index is 1.94. The second kappa shape index (κ2) is 6.90. The van der Waals surface area contributed by atoms with Crippen LogP contribution in [0.2, 0.25) is 5.02 Å². The second-order valence-electron chi connectivity index (χ2n) is 5.85. The molecule has 0 radical (unpaired) electrons. The first-order valence-electron chi connectivity index (χ1n) is 7.68. The van der Waals surface area contributed by atoms with Crippen LogP contribution in [0.1, 0.15) is 19.8 Å². The normalized spacial score (nSPS) is 17.0. The molecule has 1 unspecified atom stereocenters. The minimum Gasteiger partial charge on any atom is -0.388 e. The van der Waals surface area contributed by atoms with Crippen LogP contribution in [0.5, 0.6) is 0 Å². The van der Waals surface area contributed by atoms with Gasteiger partial charge in [0.2, 0.25) is 0 Å². The van der Waals surface area contributed by atoms with Gasteiger partial charge in [-0.05, 0) is 44.8 Å². The minimum absolute atomic E-state index is 0.0973. The van der Waals surface area contributed by atoms with Crippen LogP contribution in [0.3, 0.4) is 0 Å². The molecular weight excluding hydrogens is 342 g/mol. The number of aromatic nitrogens is 2. The van der Waals surface area contributed by atoms with E-state index in [1.807, 2.05) is 12.0 Å². The summed E-state index contributed by atoms with van der Waals surface area (Å²) < 4.78 is 33.6. The maximum Gasteiger partial charge on any atom is 0.434 e. The van der Waals surface area contributed by atoms with Gasteiger partial charge in [0.05, 0.1) is 11.3 Å². The molecule has 9 heteroatoms. The van der Waals surface area contributed by atoms with E-state index >= 15 is 0 Å². The molecule has 24 heavy (non-hydrogen) atoms. The van der Waals surface area contributed by atoms with Gasteiger partial charge in [0, 0.05) is 6.04 Å². The van der Waals surface area contributed by atoms with E-state index in [9.17, 15) is 13.6 Å². The van der Waals surface area contributed by atoms with Crippen LogP contribution >= 0.6 is 11.6 Å². The number of rotatable bonds is 4. The van der Waals surface area contributed by atoms with E-state index in [2.05, 4.69) is 15.7 Å². The van der Waals surface area contributed by atoms with E-state index in [0.29, 0.717) is 5.92 Å². The fourth-order valence-electron chi connectivity index (χ4n) is 2.92. The average Bonchev–Trinajstić information content (AvgIpc) is 3.01. The van der Waals surface area contributed by atoms with Gasteiger partial charge >= 0.3 is 5.76 Å². The highest BCUT2D eigenvalue weighted by molar-refractivity contribution is 6.33. The number of anilines is 1. The third-order valence-electron chi connectivity index (χ3n) is 4.29. The van der Waals surface area contributed by atoms with Crippen LogP contribution in [-0.4, -0.2) is 29.3 Å². The summed E-state index contributed by atoms with van der Waals surface area (Å²) in [4.78, 5) is 11.0. The maximum absolute atomic E-state index is 14.8. The molecule has 130 valence electrons. The molecule has 0 spiro atoms. The molecule has 1 atom stereocenters. The number of benzene rings is 1. The number of aromatic amines is 1. The van der Waals surface area contributed by atoms with Gasteiger partial charge in [-0.2, -0.15) is 0 Å². The SMILES string of the molecule is CC(Nc1c(F)c(-c2n[nH]c(=O)o2)cc(F)c1Cl)C1CCNCC1. The van der Waals surface area contributed by atoms with Crippen molar-refractivity contribution in [2.75, 3.05) is 18.4 Å². The van der Waals surface area contributed by atoms with Crippen molar-refractivity contribution in [1.29, 1.82) is 0 Å². The summed E-state index contributed by atoms with van der Waals surface area (Å²) in [5.74, 6) is -2.49. The third-order valence-corrected chi connectivity index (χ3v) is 4.66. The molecule has 0 aliphatic carbocycles. The van der Waals surface area contributed by atoms with E-state index in [4.69, 9.17) is 16.0 Å². The van der Waals surface area contributed by atoms with E-state index in [-0.39, 0.29) is 28.2 Å². The maximum atomic E-state index is 14.8. The van der Waals surface area contributed by atoms with Gasteiger partial charge in [-0.1, -0.05) is 11.6 Å². The zero-order valence-corrected chi connectivity index (χ0v) is 13.7. The molecule has 3 rings (SSSR count). The first-order valence-corrected chi connectivity index (χ1v) is 8.05. The Kier molecular flexibility index (Phi) is 4.86. The lowest BCUT2D eigenvalue weighted by Crippen LogP contribution is -2.36. The van der Waals surface area contributed by atoms with Crippen LogP contribution < -0.4 is 16.4 Å². The van der Waals surface area contributed by atoms with Crippen molar-refractivity contribution in [1.82, 2.24) is 15.5 Å². The Morgan fingerprint density at radius 3 is 2.75 bits per heavy atom. The molecule has 1 saturated heterocycles. The highest BCUT2D eigenvalue weighted by Crippen LogP contribution is 2.36. The van der Waals surface area contributed by atoms with Crippen LogP contribution in [0, 0.1) is 17.6 Å². The molecule has 1 aliphatic heterocycles. The van der Waals surface area contributed by atoms with Crippen LogP contribution in [-0.2, 0) is 0 Å². The van der Waals surface area contributed by atoms with Crippen molar-refractivity contribution in [2.24, 2.45) is 5.92 Å². The quantitative estimate of drug-likeness (QED) is 0.732. The fourth-order valence-corrected chi connectivity index (χ4v) is 3.11. The van der Waals surface area contributed by atoms with Gasteiger partial charge in [-0.15, -0.1) is 5.10 Å². The lowest BCUT2D eigenvalue weighted by atomic mass is 9.91. The monoisotopic (exact) mass is 358 g/mol. The van der Waals surface area contributed by atoms with Gasteiger partial charge < -0.3 is 15.1 Å². The summed E-state index contributed by atoms with van der Waals surface area (Å²) in [7, 11) is 0. The number of nitrogens with zero attached hydrogens (tertiary/aromatic N) is 1. The predicted octanol–water partition coefficient (Wildman–Crippen LogP) is 2.76. The molecular formula is C15H17ClF2N4O2. The van der Waals surface area contributed by atoms with Crippen molar-refractivity contribution in [3.63, 3.8) is 0 Å². The molecule has 0 bridgehead atoms. The van der Waals surface area contributed by atoms with Gasteiger partial charge in [-0.25, -0.2) is 18.7 Å². The Bertz CT molecular complexity index is 786. The Hall–Kier alpha value is -1.93. The van der Waals surface area contributed by atoms with Crippen molar-refractivity contribution >= 4 is 17.3 Å². The van der Waals surface area contributed by atoms with E-state index in [1.165, 1.54) is 0 Å². The smallest absolute Gasteiger partial charge is 0.388 e. The zero-order valence-electron chi connectivity index (χ0n) is 13.0. The van der Waals surface area contributed by atoms with E-state index in [1.54, 1.807) is 0 Å². The van der Waals surface area contributed by atoms with Gasteiger partial charge in [0.25, 0.3) is 5.89 Å². The summed E-state index contributed by atoms with van der Waals surface area (Å²) >= 11 is 5.94. The summed E-state index contributed by atoms with van der Waals surface area (Å²) in [6.45, 7) is 3.68. The molecule has 2 aromatic rings. The van der Waals surface area contributed by atoms with Gasteiger partial charge in [0.15, 0.2) is 5.82 Å². The topological polar surface area (TPSA) is 83.0 Å². The largest absolute Gasteiger partial charge is 0.434 e. The Morgan fingerprint density at radius 1 is 1.42 bits per heavy atom. The number of nitrogens with one attached hydrogen (secondary N) is 3. The zero-order chi connectivity index (χ0) is 17.3. The van der Waals surface area contributed by atoms with Crippen molar-refractivity contribution in [2.45, 2.75) is 25.8 Å². The minimum atomic E-state index is -0.850. The van der Waals surface area contributed by atoms with Crippen molar-refractivity contribution < 1.29 is 13.2 Å². The second-order valence-corrected chi connectivity index (χ2v) is 6.23. The van der Waals surface area contributed by atoms with E-state index in [0.717, 1.165) is 32.0 Å². The Labute approximate surface area is 141 Å². The molecule has 6 nitrogen and oxygen atoms in total. The van der Waals surface area contributed by atoms with Crippen LogP contribution in [0.25, 0.3) is 11.5 Å². The first-order chi connectivity index (χ1) is 11.5. The molecule has 1 fully saturated rings. The lowest BCUT2D eigenvalue weighted by molar-refractivity contribution is 0.342. The molecule has 2 heterocycles. The Morgan fingerprint density at radius 2 is 2.12 bits per heavy atom. The number of H-pyrrole nitrogens is 1. The summed E-state index contributed by atoms with van der Waals surface area (Å²) in [6.07, 6.45) is 1.87. The van der Waals surface area contributed by atoms with E-state index < -0.39 is 17.4 Å². The first kappa shape index (κ1) is 16.9. The summed E-state index contributed by atoms with van der Waals surface area (Å²) in [6, 6.07) is 0.761. The third kappa shape index (κ3) is 3.29. The molecule has 1 aromatic carbocycles. The van der Waals surface area contributed by atoms with Crippen molar-refractivity contribution in [3.8, 4) is 11.5 Å². The molecule has 0 amide bonds. The standard InChI is InChI=1S/C15H17ClF2N4O2/c1-7(8-2-4-19-5-3-8)20-13-11(16)10(17)6-9(12(13)18)14-21-22-15(23)24-14/h6-8,19-20H,2-5H2,1H3,(H,22,23). The molecule has 0 saturated carbocycles. The highest BCUT2D eigenvalue weighted by Gasteiger charge is 2.25. The van der Waals surface area contributed by atoms with Crippen LogP contribution in [0.4, 0.5) is 14.5 Å². The fraction of sp³-hybridized carbons (Fsp3) is 0.467. The van der Waals surface area contributed by atoms with Crippen molar-refractivity contribution in [3.05, 3.63) is 33.3 Å². The number of piperidine rings is 1. The molecule has 3 N–H and O–H groups in total. The van der Waals surface area contributed by atoms with Gasteiger partial charge in [-0.3, -0.25) is 0 Å². The van der Waals surface area contributed by atoms with Gasteiger partial charge in [0.1, 0.15) is 10.8 Å². The summed E-state index contributed by atoms with van der Waals surface area (Å²) in [5.41, 5.74) is -0.418. The average molecular weight is 359 g/mol. The van der Waals surface area contributed by atoms with Crippen LogP contribution in [0.15, 0.2) is 15.3 Å².